The van der Waals surface area contributed by atoms with Crippen LogP contribution in [-0.2, 0) is 10.2 Å². The molecule has 2 rings (SSSR count). The number of hydrogen-bond acceptors (Lipinski definition) is 1. The Bertz CT molecular complexity index is 764. The largest absolute Gasteiger partial charge is 0.346 e. The van der Waals surface area contributed by atoms with Crippen LogP contribution in [0.3, 0.4) is 0 Å². The van der Waals surface area contributed by atoms with Crippen molar-refractivity contribution in [3.05, 3.63) is 76.4 Å². The minimum atomic E-state index is -0.0756. The lowest BCUT2D eigenvalue weighted by molar-refractivity contribution is -0.117. The molecule has 0 saturated heterocycles. The third kappa shape index (κ3) is 5.32. The Labute approximate surface area is 152 Å². The first-order valence-electron chi connectivity index (χ1n) is 8.83. The number of hydrogen-bond donors (Lipinski definition) is 1. The lowest BCUT2D eigenvalue weighted by Gasteiger charge is -2.18. The molecule has 0 heterocycles. The zero-order chi connectivity index (χ0) is 18.6. The van der Waals surface area contributed by atoms with Gasteiger partial charge in [0.2, 0.25) is 5.91 Å². The normalized spacial score (nSPS) is 13.0. The Hall–Kier alpha value is -2.35. The fourth-order valence-electron chi connectivity index (χ4n) is 2.83. The average Bonchev–Trinajstić information content (AvgIpc) is 2.54. The topological polar surface area (TPSA) is 29.1 Å². The van der Waals surface area contributed by atoms with Gasteiger partial charge in [-0.05, 0) is 54.5 Å². The van der Waals surface area contributed by atoms with Gasteiger partial charge in [0.05, 0.1) is 6.04 Å². The molecular formula is C23H29NO. The second-order valence-corrected chi connectivity index (χ2v) is 7.80. The molecule has 2 nitrogen and oxygen atoms in total. The summed E-state index contributed by atoms with van der Waals surface area (Å²) in [4.78, 5) is 12.2. The molecule has 25 heavy (non-hydrogen) atoms. The lowest BCUT2D eigenvalue weighted by Crippen LogP contribution is -2.25. The maximum absolute atomic E-state index is 12.2. The molecule has 2 heteroatoms. The molecular weight excluding hydrogens is 306 g/mol. The SMILES string of the molecule is Cc1ccc(C)c([C@@H](C)NC(=O)/C=C/c2ccc(C(C)(C)C)cc2)c1. The third-order valence-corrected chi connectivity index (χ3v) is 4.46. The molecule has 0 saturated carbocycles. The molecule has 1 amide bonds. The molecule has 0 unspecified atom stereocenters. The van der Waals surface area contributed by atoms with Crippen LogP contribution in [0.2, 0.25) is 0 Å². The fourth-order valence-corrected chi connectivity index (χ4v) is 2.83. The molecule has 132 valence electrons. The van der Waals surface area contributed by atoms with Gasteiger partial charge in [0.15, 0.2) is 0 Å². The Balaban J connectivity index is 2.02. The van der Waals surface area contributed by atoms with Crippen LogP contribution in [-0.4, -0.2) is 5.91 Å². The summed E-state index contributed by atoms with van der Waals surface area (Å²) in [5.74, 6) is -0.0756. The second-order valence-electron chi connectivity index (χ2n) is 7.80. The van der Waals surface area contributed by atoms with Gasteiger partial charge in [0.1, 0.15) is 0 Å². The van der Waals surface area contributed by atoms with Gasteiger partial charge >= 0.3 is 0 Å². The minimum Gasteiger partial charge on any atom is -0.346 e. The summed E-state index contributed by atoms with van der Waals surface area (Å²) in [6.45, 7) is 12.7. The Morgan fingerprint density at radius 2 is 1.68 bits per heavy atom. The van der Waals surface area contributed by atoms with E-state index in [1.165, 1.54) is 16.7 Å². The van der Waals surface area contributed by atoms with Crippen molar-refractivity contribution in [2.75, 3.05) is 0 Å². The van der Waals surface area contributed by atoms with E-state index in [1.807, 2.05) is 13.0 Å². The van der Waals surface area contributed by atoms with Crippen molar-refractivity contribution in [1.82, 2.24) is 5.32 Å². The van der Waals surface area contributed by atoms with Gasteiger partial charge in [-0.15, -0.1) is 0 Å². The van der Waals surface area contributed by atoms with Gasteiger partial charge in [0.25, 0.3) is 0 Å². The van der Waals surface area contributed by atoms with Gasteiger partial charge in [-0.2, -0.15) is 0 Å². The molecule has 0 aliphatic rings. The van der Waals surface area contributed by atoms with E-state index < -0.39 is 0 Å². The molecule has 0 fully saturated rings. The van der Waals surface area contributed by atoms with E-state index in [9.17, 15) is 4.79 Å². The van der Waals surface area contributed by atoms with Crippen molar-refractivity contribution in [3.8, 4) is 0 Å². The summed E-state index contributed by atoms with van der Waals surface area (Å²) in [5.41, 5.74) is 6.02. The number of aryl methyl sites for hydroxylation is 2. The predicted molar refractivity (Wildman–Crippen MR) is 107 cm³/mol. The smallest absolute Gasteiger partial charge is 0.244 e. The van der Waals surface area contributed by atoms with Gasteiger partial charge in [-0.25, -0.2) is 0 Å². The number of carbonyl (C=O) groups is 1. The first-order valence-corrected chi connectivity index (χ1v) is 8.83. The average molecular weight is 335 g/mol. The summed E-state index contributed by atoms with van der Waals surface area (Å²) in [6.07, 6.45) is 3.46. The van der Waals surface area contributed by atoms with Crippen LogP contribution < -0.4 is 5.32 Å². The predicted octanol–water partition coefficient (Wildman–Crippen LogP) is 5.49. The van der Waals surface area contributed by atoms with Gasteiger partial charge in [-0.1, -0.05) is 68.8 Å². The first-order chi connectivity index (χ1) is 11.7. The molecule has 0 bridgehead atoms. The van der Waals surface area contributed by atoms with Crippen molar-refractivity contribution < 1.29 is 4.79 Å². The molecule has 0 aliphatic carbocycles. The van der Waals surface area contributed by atoms with Gasteiger partial charge in [-0.3, -0.25) is 4.79 Å². The molecule has 1 N–H and O–H groups in total. The third-order valence-electron chi connectivity index (χ3n) is 4.46. The highest BCUT2D eigenvalue weighted by Crippen LogP contribution is 2.22. The molecule has 0 spiro atoms. The van der Waals surface area contributed by atoms with Crippen LogP contribution in [0.4, 0.5) is 0 Å². The summed E-state index contributed by atoms with van der Waals surface area (Å²) < 4.78 is 0. The van der Waals surface area contributed by atoms with Crippen molar-refractivity contribution in [3.63, 3.8) is 0 Å². The Morgan fingerprint density at radius 3 is 2.28 bits per heavy atom. The highest BCUT2D eigenvalue weighted by molar-refractivity contribution is 5.92. The molecule has 0 aromatic heterocycles. The summed E-state index contributed by atoms with van der Waals surface area (Å²) in [7, 11) is 0. The van der Waals surface area contributed by atoms with Crippen LogP contribution >= 0.6 is 0 Å². The number of benzene rings is 2. The lowest BCUT2D eigenvalue weighted by atomic mass is 9.87. The van der Waals surface area contributed by atoms with Crippen LogP contribution in [0.25, 0.3) is 6.08 Å². The molecule has 2 aromatic carbocycles. The molecule has 0 radical (unpaired) electrons. The van der Waals surface area contributed by atoms with Crippen molar-refractivity contribution >= 4 is 12.0 Å². The number of nitrogens with one attached hydrogen (secondary N) is 1. The first kappa shape index (κ1) is 19.0. The Morgan fingerprint density at radius 1 is 1.04 bits per heavy atom. The molecule has 2 aromatic rings. The number of amides is 1. The van der Waals surface area contributed by atoms with Crippen molar-refractivity contribution in [2.45, 2.75) is 53.0 Å². The fraction of sp³-hybridized carbons (Fsp3) is 0.348. The van der Waals surface area contributed by atoms with Crippen LogP contribution in [0, 0.1) is 13.8 Å². The highest BCUT2D eigenvalue weighted by atomic mass is 16.1. The van der Waals surface area contributed by atoms with E-state index in [-0.39, 0.29) is 17.4 Å². The highest BCUT2D eigenvalue weighted by Gasteiger charge is 2.13. The Kier molecular flexibility index (Phi) is 5.84. The standard InChI is InChI=1S/C23H29NO/c1-16-7-8-17(2)21(15-16)18(3)24-22(25)14-11-19-9-12-20(13-10-19)23(4,5)6/h7-15,18H,1-6H3,(H,24,25)/b14-11+/t18-/m1/s1. The van der Waals surface area contributed by atoms with Crippen LogP contribution in [0.1, 0.15) is 61.6 Å². The van der Waals surface area contributed by atoms with Crippen LogP contribution in [0.15, 0.2) is 48.5 Å². The molecule has 0 aliphatic heterocycles. The van der Waals surface area contributed by atoms with Crippen molar-refractivity contribution in [1.29, 1.82) is 0 Å². The van der Waals surface area contributed by atoms with E-state index in [4.69, 9.17) is 0 Å². The monoisotopic (exact) mass is 335 g/mol. The van der Waals surface area contributed by atoms with Gasteiger partial charge < -0.3 is 5.32 Å². The van der Waals surface area contributed by atoms with Crippen LogP contribution in [0.5, 0.6) is 0 Å². The maximum Gasteiger partial charge on any atom is 0.244 e. The van der Waals surface area contributed by atoms with Gasteiger partial charge in [0, 0.05) is 6.08 Å². The van der Waals surface area contributed by atoms with E-state index in [2.05, 4.69) is 82.4 Å². The van der Waals surface area contributed by atoms with E-state index >= 15 is 0 Å². The van der Waals surface area contributed by atoms with E-state index in [0.29, 0.717) is 0 Å². The maximum atomic E-state index is 12.2. The summed E-state index contributed by atoms with van der Waals surface area (Å²) in [5, 5.41) is 3.04. The van der Waals surface area contributed by atoms with E-state index in [0.717, 1.165) is 11.1 Å². The summed E-state index contributed by atoms with van der Waals surface area (Å²) >= 11 is 0. The summed E-state index contributed by atoms with van der Waals surface area (Å²) in [6, 6.07) is 14.7. The zero-order valence-corrected chi connectivity index (χ0v) is 16.2. The minimum absolute atomic E-state index is 0.0136. The number of carbonyl (C=O) groups excluding carboxylic acids is 1. The zero-order valence-electron chi connectivity index (χ0n) is 16.2. The quantitative estimate of drug-likeness (QED) is 0.735. The molecule has 1 atom stereocenters. The van der Waals surface area contributed by atoms with E-state index in [1.54, 1.807) is 6.08 Å². The van der Waals surface area contributed by atoms with Crippen molar-refractivity contribution in [2.24, 2.45) is 0 Å². The number of rotatable bonds is 4. The second kappa shape index (κ2) is 7.69.